The minimum Gasteiger partial charge on any atom is -0.382 e. The zero-order chi connectivity index (χ0) is 32.4. The van der Waals surface area contributed by atoms with Crippen LogP contribution in [0.4, 0.5) is 0 Å². The molecular formula is C28H63BO9Si2. The normalized spacial score (nSPS) is 15.5. The number of rotatable bonds is 11. The summed E-state index contributed by atoms with van der Waals surface area (Å²) in [5, 5.41) is 0. The van der Waals surface area contributed by atoms with E-state index in [0.717, 1.165) is 0 Å². The van der Waals surface area contributed by atoms with Gasteiger partial charge in [0.15, 0.2) is 0 Å². The van der Waals surface area contributed by atoms with Crippen molar-refractivity contribution < 1.29 is 39.9 Å². The van der Waals surface area contributed by atoms with E-state index >= 15 is 0 Å². The summed E-state index contributed by atoms with van der Waals surface area (Å²) in [5.74, 6) is 0. The zero-order valence-corrected chi connectivity index (χ0v) is 31.8. The molecule has 0 N–H and O–H groups in total. The topological polar surface area (TPSA) is 83.1 Å². The Bertz CT molecular complexity index is 635. The molecule has 0 saturated carbocycles. The van der Waals surface area contributed by atoms with Gasteiger partial charge in [0.05, 0.1) is 33.6 Å². The van der Waals surface area contributed by atoms with Crippen LogP contribution < -0.4 is 0 Å². The van der Waals surface area contributed by atoms with E-state index < -0.39 is 64.6 Å². The van der Waals surface area contributed by atoms with Crippen molar-refractivity contribution in [3.63, 3.8) is 0 Å². The van der Waals surface area contributed by atoms with Crippen molar-refractivity contribution in [3.05, 3.63) is 0 Å². The van der Waals surface area contributed by atoms with Crippen LogP contribution in [0.25, 0.3) is 0 Å². The van der Waals surface area contributed by atoms with E-state index in [0.29, 0.717) is 0 Å². The third-order valence-corrected chi connectivity index (χ3v) is 9.65. The van der Waals surface area contributed by atoms with Crippen LogP contribution in [0, 0.1) is 0 Å². The maximum atomic E-state index is 6.66. The van der Waals surface area contributed by atoms with Crippen LogP contribution in [0.2, 0.25) is 0 Å². The van der Waals surface area contributed by atoms with Crippen LogP contribution in [-0.4, -0.2) is 64.6 Å². The minimum absolute atomic E-state index is 0.685. The average molecular weight is 611 g/mol. The highest BCUT2D eigenvalue weighted by molar-refractivity contribution is 6.68. The molecule has 0 aromatic heterocycles. The lowest BCUT2D eigenvalue weighted by molar-refractivity contribution is -0.137. The molecular weight excluding hydrogens is 547 g/mol. The fraction of sp³-hybridized carbons (Fsp3) is 1.00. The van der Waals surface area contributed by atoms with E-state index in [1.807, 2.05) is 145 Å². The summed E-state index contributed by atoms with van der Waals surface area (Å²) in [5.41, 5.74) is -4.82. The molecule has 0 bridgehead atoms. The Labute approximate surface area is 249 Å². The van der Waals surface area contributed by atoms with E-state index in [1.165, 1.54) is 0 Å². The van der Waals surface area contributed by atoms with Crippen molar-refractivity contribution >= 4 is 25.4 Å². The molecule has 0 fully saturated rings. The van der Waals surface area contributed by atoms with Gasteiger partial charge in [-0.15, -0.1) is 0 Å². The molecule has 0 aliphatic heterocycles. The summed E-state index contributed by atoms with van der Waals surface area (Å²) in [7, 11) is -9.46. The third-order valence-electron chi connectivity index (χ3n) is 3.52. The van der Waals surface area contributed by atoms with Crippen LogP contribution >= 0.6 is 0 Å². The van der Waals surface area contributed by atoms with Gasteiger partial charge in [0, 0.05) is 5.60 Å². The summed E-state index contributed by atoms with van der Waals surface area (Å²) in [6.45, 7) is 40.3. The Hall–Kier alpha value is 0.139. The van der Waals surface area contributed by atoms with E-state index in [2.05, 4.69) is 0 Å². The second-order valence-corrected chi connectivity index (χ2v) is 20.7. The standard InChI is InChI=1S/C28H63BO9Si2/c1-22(2,3)30-29(37-39(31-23(4,5)6,32-24(7,8)9)33-25(10,11)12)38-40(34-26(13,14)15,35-27(16,17)18)36-28(19,20)21/h1-21H3. The molecule has 0 spiro atoms. The molecule has 0 amide bonds. The van der Waals surface area contributed by atoms with Gasteiger partial charge in [-0.1, -0.05) is 0 Å². The van der Waals surface area contributed by atoms with Crippen LogP contribution in [0.5, 0.6) is 0 Å². The van der Waals surface area contributed by atoms with Gasteiger partial charge in [-0.2, -0.15) is 0 Å². The largest absolute Gasteiger partial charge is 0.669 e. The van der Waals surface area contributed by atoms with E-state index in [-0.39, 0.29) is 0 Å². The second kappa shape index (κ2) is 13.0. The lowest BCUT2D eigenvalue weighted by Gasteiger charge is -2.45. The molecule has 0 radical (unpaired) electrons. The number of hydrogen-bond acceptors (Lipinski definition) is 9. The van der Waals surface area contributed by atoms with E-state index in [4.69, 9.17) is 39.9 Å². The van der Waals surface area contributed by atoms with Crippen LogP contribution in [0.3, 0.4) is 0 Å². The zero-order valence-electron chi connectivity index (χ0n) is 29.8. The Morgan fingerprint density at radius 2 is 0.475 bits per heavy atom. The molecule has 0 aliphatic rings. The predicted octanol–water partition coefficient (Wildman–Crippen LogP) is 7.58. The van der Waals surface area contributed by atoms with Crippen molar-refractivity contribution in [3.8, 4) is 0 Å². The summed E-state index contributed by atoms with van der Waals surface area (Å²) < 4.78 is 59.0. The van der Waals surface area contributed by atoms with Gasteiger partial charge < -0.3 is 39.9 Å². The van der Waals surface area contributed by atoms with Crippen molar-refractivity contribution in [1.29, 1.82) is 0 Å². The molecule has 0 aromatic rings. The highest BCUT2D eigenvalue weighted by atomic mass is 28.4. The van der Waals surface area contributed by atoms with E-state index in [1.54, 1.807) is 0 Å². The second-order valence-electron chi connectivity index (χ2n) is 17.0. The van der Waals surface area contributed by atoms with Gasteiger partial charge in [0.2, 0.25) is 0 Å². The van der Waals surface area contributed by atoms with Gasteiger partial charge in [0.1, 0.15) is 0 Å². The predicted molar refractivity (Wildman–Crippen MR) is 165 cm³/mol. The molecule has 9 nitrogen and oxygen atoms in total. The maximum Gasteiger partial charge on any atom is 0.669 e. The molecule has 12 heteroatoms. The van der Waals surface area contributed by atoms with Crippen LogP contribution in [0.15, 0.2) is 0 Å². The molecule has 0 aromatic carbocycles. The molecule has 0 unspecified atom stereocenters. The first-order valence-corrected chi connectivity index (χ1v) is 17.5. The highest BCUT2D eigenvalue weighted by Gasteiger charge is 2.63. The van der Waals surface area contributed by atoms with Crippen molar-refractivity contribution in [2.24, 2.45) is 0 Å². The smallest absolute Gasteiger partial charge is 0.382 e. The summed E-state index contributed by atoms with van der Waals surface area (Å²) >= 11 is 0. The quantitative estimate of drug-likeness (QED) is 0.220. The van der Waals surface area contributed by atoms with Gasteiger partial charge in [-0.25, -0.2) is 0 Å². The number of hydrogen-bond donors (Lipinski definition) is 0. The van der Waals surface area contributed by atoms with Gasteiger partial charge in [-0.3, -0.25) is 0 Å². The fourth-order valence-electron chi connectivity index (χ4n) is 3.12. The summed E-state index contributed by atoms with van der Waals surface area (Å²) in [4.78, 5) is 0. The van der Waals surface area contributed by atoms with E-state index in [9.17, 15) is 0 Å². The van der Waals surface area contributed by atoms with Crippen LogP contribution in [-0.2, 0) is 39.9 Å². The lowest BCUT2D eigenvalue weighted by atomic mass is 10.1. The Kier molecular flexibility index (Phi) is 13.1. The molecule has 0 atom stereocenters. The molecule has 0 heterocycles. The Morgan fingerprint density at radius 3 is 0.600 bits per heavy atom. The first kappa shape index (κ1) is 40.1. The Balaban J connectivity index is 7.25. The Morgan fingerprint density at radius 1 is 0.300 bits per heavy atom. The first-order chi connectivity index (χ1) is 17.0. The molecule has 0 saturated heterocycles. The average Bonchev–Trinajstić information content (AvgIpc) is 2.39. The lowest BCUT2D eigenvalue weighted by Crippen LogP contribution is -2.66. The monoisotopic (exact) mass is 610 g/mol. The summed E-state index contributed by atoms with van der Waals surface area (Å²) in [6, 6.07) is 0. The van der Waals surface area contributed by atoms with Crippen molar-refractivity contribution in [1.82, 2.24) is 0 Å². The molecule has 240 valence electrons. The third kappa shape index (κ3) is 20.1. The molecule has 40 heavy (non-hydrogen) atoms. The van der Waals surface area contributed by atoms with Gasteiger partial charge in [0.25, 0.3) is 0 Å². The van der Waals surface area contributed by atoms with Crippen LogP contribution in [0.1, 0.15) is 145 Å². The minimum atomic E-state index is -4.03. The SMILES string of the molecule is CC(C)(C)OB(O[Si](OC(C)(C)C)(OC(C)(C)C)OC(C)(C)C)O[Si](OC(C)(C)C)(OC(C)(C)C)OC(C)(C)C. The molecule has 0 aliphatic carbocycles. The summed E-state index contributed by atoms with van der Waals surface area (Å²) in [6.07, 6.45) is 0. The van der Waals surface area contributed by atoms with Crippen molar-refractivity contribution in [2.45, 2.75) is 185 Å². The van der Waals surface area contributed by atoms with Crippen molar-refractivity contribution in [2.75, 3.05) is 0 Å². The van der Waals surface area contributed by atoms with Gasteiger partial charge in [-0.05, 0) is 145 Å². The van der Waals surface area contributed by atoms with Gasteiger partial charge >= 0.3 is 25.4 Å². The first-order valence-electron chi connectivity index (χ1n) is 14.3. The fourth-order valence-corrected chi connectivity index (χ4v) is 8.91. The molecule has 0 rings (SSSR count). The maximum absolute atomic E-state index is 6.66. The highest BCUT2D eigenvalue weighted by Crippen LogP contribution is 2.35.